The fourth-order valence-corrected chi connectivity index (χ4v) is 2.28. The SMILES string of the molecule is COC(C(=O)N(CCCN)C1CC1)c1ccccc1. The summed E-state index contributed by atoms with van der Waals surface area (Å²) in [6, 6.07) is 10.0. The van der Waals surface area contributed by atoms with Gasteiger partial charge in [-0.05, 0) is 31.4 Å². The van der Waals surface area contributed by atoms with E-state index < -0.39 is 6.10 Å². The molecule has 2 N–H and O–H groups in total. The molecule has 1 aliphatic carbocycles. The highest BCUT2D eigenvalue weighted by Gasteiger charge is 2.35. The number of hydrogen-bond acceptors (Lipinski definition) is 3. The number of benzene rings is 1. The molecule has 0 aromatic heterocycles. The van der Waals surface area contributed by atoms with Crippen LogP contribution in [0.15, 0.2) is 30.3 Å². The molecule has 0 aliphatic heterocycles. The molecule has 0 radical (unpaired) electrons. The molecule has 0 bridgehead atoms. The Hall–Kier alpha value is -1.39. The van der Waals surface area contributed by atoms with Gasteiger partial charge in [-0.2, -0.15) is 0 Å². The topological polar surface area (TPSA) is 55.6 Å². The van der Waals surface area contributed by atoms with E-state index in [1.54, 1.807) is 7.11 Å². The highest BCUT2D eigenvalue weighted by molar-refractivity contribution is 5.83. The smallest absolute Gasteiger partial charge is 0.256 e. The Balaban J connectivity index is 2.09. The first kappa shape index (κ1) is 14.0. The van der Waals surface area contributed by atoms with Crippen LogP contribution in [-0.4, -0.2) is 37.0 Å². The summed E-state index contributed by atoms with van der Waals surface area (Å²) in [6.07, 6.45) is 2.54. The van der Waals surface area contributed by atoms with Crippen LogP contribution in [-0.2, 0) is 9.53 Å². The van der Waals surface area contributed by atoms with Crippen LogP contribution in [0.25, 0.3) is 0 Å². The number of carbonyl (C=O) groups excluding carboxylic acids is 1. The van der Waals surface area contributed by atoms with Crippen LogP contribution in [0.1, 0.15) is 30.9 Å². The van der Waals surface area contributed by atoms with Crippen LogP contribution in [0, 0.1) is 0 Å². The summed E-state index contributed by atoms with van der Waals surface area (Å²) in [7, 11) is 1.59. The summed E-state index contributed by atoms with van der Waals surface area (Å²) in [6.45, 7) is 1.34. The molecule has 0 heterocycles. The molecule has 0 spiro atoms. The molecule has 1 saturated carbocycles. The van der Waals surface area contributed by atoms with Crippen molar-refractivity contribution in [3.63, 3.8) is 0 Å². The zero-order valence-electron chi connectivity index (χ0n) is 11.4. The van der Waals surface area contributed by atoms with E-state index in [4.69, 9.17) is 10.5 Å². The number of hydrogen-bond donors (Lipinski definition) is 1. The van der Waals surface area contributed by atoms with Gasteiger partial charge in [0, 0.05) is 19.7 Å². The third kappa shape index (κ3) is 3.55. The Morgan fingerprint density at radius 1 is 1.42 bits per heavy atom. The fraction of sp³-hybridized carbons (Fsp3) is 0.533. The van der Waals surface area contributed by atoms with Gasteiger partial charge in [0.15, 0.2) is 6.10 Å². The average Bonchev–Trinajstić information content (AvgIpc) is 3.26. The second-order valence-electron chi connectivity index (χ2n) is 4.93. The number of nitrogens with two attached hydrogens (primary N) is 1. The van der Waals surface area contributed by atoms with Gasteiger partial charge in [-0.1, -0.05) is 30.3 Å². The van der Waals surface area contributed by atoms with Gasteiger partial charge in [-0.25, -0.2) is 0 Å². The van der Waals surface area contributed by atoms with Gasteiger partial charge in [0.2, 0.25) is 0 Å². The number of methoxy groups -OCH3 is 1. The van der Waals surface area contributed by atoms with Crippen LogP contribution >= 0.6 is 0 Å². The van der Waals surface area contributed by atoms with Gasteiger partial charge in [-0.3, -0.25) is 4.79 Å². The van der Waals surface area contributed by atoms with Gasteiger partial charge in [0.1, 0.15) is 0 Å². The van der Waals surface area contributed by atoms with Crippen molar-refractivity contribution in [1.82, 2.24) is 4.90 Å². The highest BCUT2D eigenvalue weighted by Crippen LogP contribution is 2.30. The summed E-state index contributed by atoms with van der Waals surface area (Å²) in [5.41, 5.74) is 6.46. The quantitative estimate of drug-likeness (QED) is 0.814. The molecule has 0 saturated heterocycles. The van der Waals surface area contributed by atoms with E-state index in [9.17, 15) is 4.79 Å². The molecule has 1 aromatic rings. The Morgan fingerprint density at radius 2 is 2.11 bits per heavy atom. The Bertz CT molecular complexity index is 404. The van der Waals surface area contributed by atoms with E-state index in [0.29, 0.717) is 12.6 Å². The largest absolute Gasteiger partial charge is 0.367 e. The Kier molecular flexibility index (Phi) is 4.93. The van der Waals surface area contributed by atoms with Gasteiger partial charge in [-0.15, -0.1) is 0 Å². The molecule has 19 heavy (non-hydrogen) atoms. The van der Waals surface area contributed by atoms with Crippen LogP contribution < -0.4 is 5.73 Å². The number of ether oxygens (including phenoxy) is 1. The van der Waals surface area contributed by atoms with E-state index >= 15 is 0 Å². The predicted octanol–water partition coefficient (Wildman–Crippen LogP) is 1.71. The molecule has 1 fully saturated rings. The zero-order chi connectivity index (χ0) is 13.7. The predicted molar refractivity (Wildman–Crippen MR) is 74.6 cm³/mol. The lowest BCUT2D eigenvalue weighted by molar-refractivity contribution is -0.143. The van der Waals surface area contributed by atoms with Crippen LogP contribution in [0.3, 0.4) is 0 Å². The second-order valence-corrected chi connectivity index (χ2v) is 4.93. The van der Waals surface area contributed by atoms with Crippen molar-refractivity contribution in [2.75, 3.05) is 20.2 Å². The van der Waals surface area contributed by atoms with Crippen LogP contribution in [0.5, 0.6) is 0 Å². The minimum Gasteiger partial charge on any atom is -0.367 e. The number of rotatable bonds is 7. The highest BCUT2D eigenvalue weighted by atomic mass is 16.5. The maximum atomic E-state index is 12.6. The van der Waals surface area contributed by atoms with Crippen molar-refractivity contribution in [3.05, 3.63) is 35.9 Å². The Morgan fingerprint density at radius 3 is 2.63 bits per heavy atom. The normalized spacial score (nSPS) is 16.1. The second kappa shape index (κ2) is 6.68. The molecular formula is C15H22N2O2. The fourth-order valence-electron chi connectivity index (χ4n) is 2.28. The molecule has 1 aliphatic rings. The van der Waals surface area contributed by atoms with Crippen molar-refractivity contribution < 1.29 is 9.53 Å². The standard InChI is InChI=1S/C15H22N2O2/c1-19-14(12-6-3-2-4-7-12)15(18)17(11-5-10-16)13-8-9-13/h2-4,6-7,13-14H,5,8-11,16H2,1H3. The first-order chi connectivity index (χ1) is 9.27. The number of amides is 1. The molecule has 104 valence electrons. The van der Waals surface area contributed by atoms with Gasteiger partial charge in [0.25, 0.3) is 5.91 Å². The van der Waals surface area contributed by atoms with Crippen molar-refractivity contribution in [2.24, 2.45) is 5.73 Å². The first-order valence-corrected chi connectivity index (χ1v) is 6.86. The van der Waals surface area contributed by atoms with Crippen molar-refractivity contribution >= 4 is 5.91 Å². The zero-order valence-corrected chi connectivity index (χ0v) is 11.4. The number of nitrogens with zero attached hydrogens (tertiary/aromatic N) is 1. The van der Waals surface area contributed by atoms with E-state index in [1.807, 2.05) is 35.2 Å². The van der Waals surface area contributed by atoms with Crippen molar-refractivity contribution in [3.8, 4) is 0 Å². The molecule has 4 nitrogen and oxygen atoms in total. The molecule has 1 unspecified atom stereocenters. The molecule has 1 amide bonds. The lowest BCUT2D eigenvalue weighted by Gasteiger charge is -2.26. The number of carbonyl (C=O) groups is 1. The van der Waals surface area contributed by atoms with Crippen LogP contribution in [0.4, 0.5) is 0 Å². The third-order valence-corrected chi connectivity index (χ3v) is 3.44. The van der Waals surface area contributed by atoms with Gasteiger partial charge >= 0.3 is 0 Å². The summed E-state index contributed by atoms with van der Waals surface area (Å²) < 4.78 is 5.41. The summed E-state index contributed by atoms with van der Waals surface area (Å²) >= 11 is 0. The first-order valence-electron chi connectivity index (χ1n) is 6.86. The maximum Gasteiger partial charge on any atom is 0.256 e. The summed E-state index contributed by atoms with van der Waals surface area (Å²) in [5, 5.41) is 0. The third-order valence-electron chi connectivity index (χ3n) is 3.44. The average molecular weight is 262 g/mol. The monoisotopic (exact) mass is 262 g/mol. The van der Waals surface area contributed by atoms with E-state index in [2.05, 4.69) is 0 Å². The summed E-state index contributed by atoms with van der Waals surface area (Å²) in [5.74, 6) is 0.0599. The molecular weight excluding hydrogens is 240 g/mol. The summed E-state index contributed by atoms with van der Waals surface area (Å²) in [4.78, 5) is 14.6. The molecule has 2 rings (SSSR count). The van der Waals surface area contributed by atoms with Gasteiger partial charge < -0.3 is 15.4 Å². The lowest BCUT2D eigenvalue weighted by atomic mass is 10.1. The molecule has 4 heteroatoms. The minimum absolute atomic E-state index is 0.0599. The molecule has 1 atom stereocenters. The van der Waals surface area contributed by atoms with Crippen molar-refractivity contribution in [1.29, 1.82) is 0 Å². The molecule has 1 aromatic carbocycles. The van der Waals surface area contributed by atoms with Crippen LogP contribution in [0.2, 0.25) is 0 Å². The van der Waals surface area contributed by atoms with E-state index in [0.717, 1.165) is 31.4 Å². The maximum absolute atomic E-state index is 12.6. The Labute approximate surface area is 114 Å². The van der Waals surface area contributed by atoms with E-state index in [1.165, 1.54) is 0 Å². The van der Waals surface area contributed by atoms with Crippen molar-refractivity contribution in [2.45, 2.75) is 31.4 Å². The van der Waals surface area contributed by atoms with Gasteiger partial charge in [0.05, 0.1) is 0 Å². The van der Waals surface area contributed by atoms with E-state index in [-0.39, 0.29) is 5.91 Å². The minimum atomic E-state index is -0.500. The lowest BCUT2D eigenvalue weighted by Crippen LogP contribution is -2.38.